The third kappa shape index (κ3) is 5.84. The van der Waals surface area contributed by atoms with Gasteiger partial charge < -0.3 is 10.2 Å². The third-order valence-electron chi connectivity index (χ3n) is 0.791. The molecule has 0 aliphatic rings. The van der Waals surface area contributed by atoms with Gasteiger partial charge in [-0.3, -0.25) is 4.18 Å². The van der Waals surface area contributed by atoms with E-state index in [4.69, 9.17) is 10.2 Å². The fraction of sp³-hybridized carbons (Fsp3) is 0.600. The average Bonchev–Trinajstić information content (AvgIpc) is 1.87. The van der Waals surface area contributed by atoms with E-state index in [-0.39, 0.29) is 6.61 Å². The van der Waals surface area contributed by atoms with Gasteiger partial charge in [-0.25, -0.2) is 0 Å². The van der Waals surface area contributed by atoms with Gasteiger partial charge in [0.05, 0.1) is 25.2 Å². The van der Waals surface area contributed by atoms with Crippen molar-refractivity contribution in [2.75, 3.05) is 19.0 Å². The smallest absolute Gasteiger partial charge is 0.269 e. The molecule has 0 aromatic rings. The summed E-state index contributed by atoms with van der Waals surface area (Å²) in [5.41, 5.74) is 0. The van der Waals surface area contributed by atoms with Crippen molar-refractivity contribution in [3.05, 3.63) is 12.3 Å². The zero-order chi connectivity index (χ0) is 8.74. The summed E-state index contributed by atoms with van der Waals surface area (Å²) < 4.78 is 25.5. The lowest BCUT2D eigenvalue weighted by atomic mass is 10.7. The molecular weight excluding hydrogens is 172 g/mol. The SMILES string of the molecule is O=S(=O)(CCO)OCC=CO. The monoisotopic (exact) mass is 182 g/mol. The van der Waals surface area contributed by atoms with Crippen molar-refractivity contribution in [1.82, 2.24) is 0 Å². The van der Waals surface area contributed by atoms with Gasteiger partial charge in [-0.2, -0.15) is 8.42 Å². The topological polar surface area (TPSA) is 83.8 Å². The molecule has 0 aliphatic carbocycles. The van der Waals surface area contributed by atoms with Crippen LogP contribution in [0.4, 0.5) is 0 Å². The van der Waals surface area contributed by atoms with Gasteiger partial charge in [0.1, 0.15) is 0 Å². The average molecular weight is 182 g/mol. The largest absolute Gasteiger partial charge is 0.516 e. The van der Waals surface area contributed by atoms with Crippen LogP contribution in [0.3, 0.4) is 0 Å². The lowest BCUT2D eigenvalue weighted by molar-refractivity contribution is 0.303. The molecule has 0 aliphatic heterocycles. The van der Waals surface area contributed by atoms with Crippen LogP contribution in [0.5, 0.6) is 0 Å². The minimum atomic E-state index is -3.62. The molecule has 0 aromatic carbocycles. The first-order chi connectivity index (χ1) is 5.12. The van der Waals surface area contributed by atoms with E-state index in [0.29, 0.717) is 6.26 Å². The molecule has 0 amide bonds. The minimum absolute atomic E-state index is 0.209. The molecule has 0 bridgehead atoms. The Labute approximate surface area is 65.0 Å². The molecule has 0 aromatic heterocycles. The molecule has 0 radical (unpaired) electrons. The Balaban J connectivity index is 3.74. The molecule has 66 valence electrons. The number of aliphatic hydroxyl groups excluding tert-OH is 2. The Morgan fingerprint density at radius 1 is 1.45 bits per heavy atom. The summed E-state index contributed by atoms with van der Waals surface area (Å²) in [4.78, 5) is 0. The van der Waals surface area contributed by atoms with E-state index in [1.807, 2.05) is 0 Å². The lowest BCUT2D eigenvalue weighted by Gasteiger charge is -1.98. The molecule has 0 spiro atoms. The number of hydrogen-bond acceptors (Lipinski definition) is 5. The van der Waals surface area contributed by atoms with Crippen molar-refractivity contribution in [3.63, 3.8) is 0 Å². The maximum atomic E-state index is 10.6. The van der Waals surface area contributed by atoms with Crippen LogP contribution in [-0.2, 0) is 14.3 Å². The molecule has 0 saturated heterocycles. The van der Waals surface area contributed by atoms with Crippen LogP contribution in [-0.4, -0.2) is 37.6 Å². The third-order valence-corrected chi connectivity index (χ3v) is 1.97. The first kappa shape index (κ1) is 10.4. The molecule has 0 unspecified atom stereocenters. The van der Waals surface area contributed by atoms with Crippen molar-refractivity contribution in [2.24, 2.45) is 0 Å². The zero-order valence-corrected chi connectivity index (χ0v) is 6.62. The molecule has 0 saturated carbocycles. The minimum Gasteiger partial charge on any atom is -0.516 e. The van der Waals surface area contributed by atoms with E-state index in [2.05, 4.69) is 4.18 Å². The predicted molar refractivity (Wildman–Crippen MR) is 38.6 cm³/mol. The van der Waals surface area contributed by atoms with E-state index in [9.17, 15) is 8.42 Å². The summed E-state index contributed by atoms with van der Waals surface area (Å²) >= 11 is 0. The van der Waals surface area contributed by atoms with Crippen LogP contribution in [0.1, 0.15) is 0 Å². The highest BCUT2D eigenvalue weighted by atomic mass is 32.2. The molecule has 0 fully saturated rings. The second-order valence-electron chi connectivity index (χ2n) is 1.65. The molecule has 2 N–H and O–H groups in total. The van der Waals surface area contributed by atoms with Gasteiger partial charge in [-0.05, 0) is 6.08 Å². The summed E-state index contributed by atoms with van der Waals surface area (Å²) in [7, 11) is -3.62. The Kier molecular flexibility index (Phi) is 4.84. The Morgan fingerprint density at radius 2 is 2.09 bits per heavy atom. The van der Waals surface area contributed by atoms with Crippen molar-refractivity contribution < 1.29 is 22.8 Å². The first-order valence-electron chi connectivity index (χ1n) is 2.89. The fourth-order valence-corrected chi connectivity index (χ4v) is 0.984. The molecule has 0 heterocycles. The van der Waals surface area contributed by atoms with Gasteiger partial charge in [-0.15, -0.1) is 0 Å². The lowest BCUT2D eigenvalue weighted by Crippen LogP contribution is -2.13. The molecule has 6 heteroatoms. The zero-order valence-electron chi connectivity index (χ0n) is 5.80. The van der Waals surface area contributed by atoms with Gasteiger partial charge in [0.2, 0.25) is 0 Å². The Morgan fingerprint density at radius 3 is 2.55 bits per heavy atom. The molecule has 5 nitrogen and oxygen atoms in total. The maximum absolute atomic E-state index is 10.6. The summed E-state index contributed by atoms with van der Waals surface area (Å²) in [6.07, 6.45) is 1.82. The molecule has 0 rings (SSSR count). The molecule has 11 heavy (non-hydrogen) atoms. The summed E-state index contributed by atoms with van der Waals surface area (Å²) in [6.45, 7) is -0.677. The van der Waals surface area contributed by atoms with E-state index in [1.54, 1.807) is 0 Å². The Hall–Kier alpha value is -0.590. The van der Waals surface area contributed by atoms with Crippen LogP contribution < -0.4 is 0 Å². The van der Waals surface area contributed by atoms with Gasteiger partial charge in [0, 0.05) is 0 Å². The number of aliphatic hydroxyl groups is 2. The second kappa shape index (κ2) is 5.11. The quantitative estimate of drug-likeness (QED) is 0.438. The first-order valence-corrected chi connectivity index (χ1v) is 4.47. The summed E-state index contributed by atoms with van der Waals surface area (Å²) in [5, 5.41) is 16.3. The van der Waals surface area contributed by atoms with Crippen LogP contribution in [0.2, 0.25) is 0 Å². The maximum Gasteiger partial charge on any atom is 0.269 e. The van der Waals surface area contributed by atoms with E-state index >= 15 is 0 Å². The van der Waals surface area contributed by atoms with Crippen LogP contribution >= 0.6 is 0 Å². The van der Waals surface area contributed by atoms with Crippen molar-refractivity contribution in [3.8, 4) is 0 Å². The Bertz CT molecular complexity index is 205. The summed E-state index contributed by atoms with van der Waals surface area (Å²) in [5.74, 6) is -0.424. The normalized spacial score (nSPS) is 12.5. The standard InChI is InChI=1S/C5H10O5S/c6-2-1-4-10-11(8,9)5-3-7/h1-2,6-7H,3-5H2. The highest BCUT2D eigenvalue weighted by Crippen LogP contribution is 1.91. The van der Waals surface area contributed by atoms with Crippen LogP contribution in [0.25, 0.3) is 0 Å². The fourth-order valence-electron chi connectivity index (χ4n) is 0.357. The van der Waals surface area contributed by atoms with E-state index in [0.717, 1.165) is 6.08 Å². The second-order valence-corrected chi connectivity index (χ2v) is 3.41. The van der Waals surface area contributed by atoms with Crippen molar-refractivity contribution in [2.45, 2.75) is 0 Å². The predicted octanol–water partition coefficient (Wildman–Crippen LogP) is -0.603. The number of rotatable bonds is 5. The van der Waals surface area contributed by atoms with Gasteiger partial charge in [0.25, 0.3) is 10.1 Å². The highest BCUT2D eigenvalue weighted by Gasteiger charge is 2.07. The van der Waals surface area contributed by atoms with Crippen molar-refractivity contribution in [1.29, 1.82) is 0 Å². The van der Waals surface area contributed by atoms with Crippen LogP contribution in [0.15, 0.2) is 12.3 Å². The highest BCUT2D eigenvalue weighted by molar-refractivity contribution is 7.86. The molecule has 0 atom stereocenters. The van der Waals surface area contributed by atoms with Crippen molar-refractivity contribution >= 4 is 10.1 Å². The van der Waals surface area contributed by atoms with Gasteiger partial charge >= 0.3 is 0 Å². The molecular formula is C5H10O5S. The van der Waals surface area contributed by atoms with Crippen LogP contribution in [0, 0.1) is 0 Å². The number of hydrogen-bond donors (Lipinski definition) is 2. The van der Waals surface area contributed by atoms with E-state index in [1.165, 1.54) is 0 Å². The van der Waals surface area contributed by atoms with Gasteiger partial charge in [0.15, 0.2) is 0 Å². The summed E-state index contributed by atoms with van der Waals surface area (Å²) in [6, 6.07) is 0. The van der Waals surface area contributed by atoms with E-state index < -0.39 is 22.5 Å². The van der Waals surface area contributed by atoms with Gasteiger partial charge in [-0.1, -0.05) is 0 Å².